The number of amides is 1. The van der Waals surface area contributed by atoms with Crippen LogP contribution in [0.4, 0.5) is 0 Å². The van der Waals surface area contributed by atoms with Crippen molar-refractivity contribution in [1.29, 1.82) is 0 Å². The zero-order chi connectivity index (χ0) is 17.1. The summed E-state index contributed by atoms with van der Waals surface area (Å²) < 4.78 is 5.67. The molecule has 1 aromatic heterocycles. The second-order valence-electron chi connectivity index (χ2n) is 7.31. The average Bonchev–Trinajstić information content (AvgIpc) is 2.94. The highest BCUT2D eigenvalue weighted by molar-refractivity contribution is 5.88. The Morgan fingerprint density at radius 2 is 2.25 bits per heavy atom. The molecule has 1 unspecified atom stereocenters. The third kappa shape index (κ3) is 3.81. The molecule has 1 fully saturated rings. The molecule has 0 spiro atoms. The number of nitrogens with one attached hydrogen (secondary N) is 2. The summed E-state index contributed by atoms with van der Waals surface area (Å²) in [6, 6.07) is 4.27. The Labute approximate surface area is 144 Å². The van der Waals surface area contributed by atoms with Crippen molar-refractivity contribution in [2.45, 2.75) is 46.0 Å². The second-order valence-corrected chi connectivity index (χ2v) is 7.31. The number of carbonyl (C=O) groups is 1. The topological polar surface area (TPSA) is 54.3 Å². The van der Waals surface area contributed by atoms with Gasteiger partial charge in [-0.1, -0.05) is 13.8 Å². The van der Waals surface area contributed by atoms with Crippen LogP contribution in [-0.4, -0.2) is 25.5 Å². The molecule has 2 heterocycles. The highest BCUT2D eigenvalue weighted by atomic mass is 16.3. The molecule has 4 heteroatoms. The average molecular weight is 328 g/mol. The Balaban J connectivity index is 1.67. The molecule has 1 atom stereocenters. The number of piperidine rings is 1. The molecule has 1 aromatic carbocycles. The van der Waals surface area contributed by atoms with Gasteiger partial charge < -0.3 is 15.1 Å². The van der Waals surface area contributed by atoms with Crippen LogP contribution in [-0.2, 0) is 11.2 Å². The normalized spacial score (nSPS) is 18.2. The van der Waals surface area contributed by atoms with Gasteiger partial charge in [-0.25, -0.2) is 0 Å². The lowest BCUT2D eigenvalue weighted by Gasteiger charge is -2.22. The second kappa shape index (κ2) is 7.39. The van der Waals surface area contributed by atoms with E-state index in [4.69, 9.17) is 4.42 Å². The van der Waals surface area contributed by atoms with Gasteiger partial charge in [0.25, 0.3) is 0 Å². The number of furan rings is 1. The van der Waals surface area contributed by atoms with E-state index in [9.17, 15) is 4.79 Å². The monoisotopic (exact) mass is 328 g/mol. The lowest BCUT2D eigenvalue weighted by molar-refractivity contribution is -0.120. The molecule has 0 saturated carbocycles. The summed E-state index contributed by atoms with van der Waals surface area (Å²) >= 11 is 0. The van der Waals surface area contributed by atoms with Gasteiger partial charge in [0.15, 0.2) is 0 Å². The zero-order valence-corrected chi connectivity index (χ0v) is 14.9. The van der Waals surface area contributed by atoms with Crippen LogP contribution in [0.15, 0.2) is 22.8 Å². The first-order valence-electron chi connectivity index (χ1n) is 9.02. The lowest BCUT2D eigenvalue weighted by Crippen LogP contribution is -2.38. The van der Waals surface area contributed by atoms with Gasteiger partial charge in [-0.15, -0.1) is 0 Å². The zero-order valence-electron chi connectivity index (χ0n) is 14.9. The number of hydrogen-bond acceptors (Lipinski definition) is 3. The third-order valence-corrected chi connectivity index (χ3v) is 5.00. The van der Waals surface area contributed by atoms with Crippen LogP contribution in [0.25, 0.3) is 11.0 Å². The fourth-order valence-electron chi connectivity index (χ4n) is 3.60. The molecule has 1 saturated heterocycles. The maximum atomic E-state index is 12.3. The van der Waals surface area contributed by atoms with Crippen molar-refractivity contribution in [1.82, 2.24) is 10.6 Å². The molecular weight excluding hydrogens is 300 g/mol. The summed E-state index contributed by atoms with van der Waals surface area (Å²) in [5.74, 6) is 1.10. The summed E-state index contributed by atoms with van der Waals surface area (Å²) in [6.07, 6.45) is 4.51. The van der Waals surface area contributed by atoms with Gasteiger partial charge in [0.2, 0.25) is 5.91 Å². The van der Waals surface area contributed by atoms with Crippen molar-refractivity contribution in [2.24, 2.45) is 5.92 Å². The Kier molecular flexibility index (Phi) is 5.24. The lowest BCUT2D eigenvalue weighted by atomic mass is 9.95. The minimum Gasteiger partial charge on any atom is -0.464 e. The predicted octanol–water partition coefficient (Wildman–Crippen LogP) is 3.52. The predicted molar refractivity (Wildman–Crippen MR) is 97.3 cm³/mol. The van der Waals surface area contributed by atoms with Crippen LogP contribution >= 0.6 is 0 Å². The van der Waals surface area contributed by atoms with Gasteiger partial charge in [-0.05, 0) is 68.0 Å². The molecule has 24 heavy (non-hydrogen) atoms. The molecule has 0 bridgehead atoms. The number of fused-ring (bicyclic) bond motifs is 1. The summed E-state index contributed by atoms with van der Waals surface area (Å²) in [5, 5.41) is 7.54. The first-order valence-corrected chi connectivity index (χ1v) is 9.02. The van der Waals surface area contributed by atoms with Crippen molar-refractivity contribution in [3.63, 3.8) is 0 Å². The summed E-state index contributed by atoms with van der Waals surface area (Å²) in [5.41, 5.74) is 4.41. The molecule has 2 N–H and O–H groups in total. The van der Waals surface area contributed by atoms with E-state index < -0.39 is 0 Å². The van der Waals surface area contributed by atoms with Gasteiger partial charge in [0.05, 0.1) is 12.7 Å². The fourth-order valence-corrected chi connectivity index (χ4v) is 3.60. The number of hydrogen-bond donors (Lipinski definition) is 2. The van der Waals surface area contributed by atoms with Crippen molar-refractivity contribution < 1.29 is 9.21 Å². The standard InChI is InChI=1S/C20H28N2O2/c1-13(2)17-9-18-16(12-24-19(18)7-14(17)3)8-20(23)22-11-15-5-4-6-21-10-15/h7,9,12-13,15,21H,4-6,8,10-11H2,1-3H3,(H,22,23). The Morgan fingerprint density at radius 1 is 1.42 bits per heavy atom. The van der Waals surface area contributed by atoms with E-state index >= 15 is 0 Å². The molecule has 4 nitrogen and oxygen atoms in total. The largest absolute Gasteiger partial charge is 0.464 e. The molecule has 3 rings (SSSR count). The first-order chi connectivity index (χ1) is 11.5. The maximum Gasteiger partial charge on any atom is 0.224 e. The van der Waals surface area contributed by atoms with Crippen LogP contribution in [0.5, 0.6) is 0 Å². The van der Waals surface area contributed by atoms with E-state index in [0.29, 0.717) is 18.3 Å². The highest BCUT2D eigenvalue weighted by Crippen LogP contribution is 2.29. The Hall–Kier alpha value is -1.81. The fraction of sp³-hybridized carbons (Fsp3) is 0.550. The van der Waals surface area contributed by atoms with Gasteiger partial charge in [-0.3, -0.25) is 4.79 Å². The summed E-state index contributed by atoms with van der Waals surface area (Å²) in [7, 11) is 0. The van der Waals surface area contributed by atoms with Gasteiger partial charge in [0.1, 0.15) is 5.58 Å². The minimum atomic E-state index is 0.0787. The van der Waals surface area contributed by atoms with Crippen molar-refractivity contribution in [3.05, 3.63) is 35.1 Å². The van der Waals surface area contributed by atoms with Crippen LogP contribution < -0.4 is 10.6 Å². The van der Waals surface area contributed by atoms with Crippen molar-refractivity contribution in [2.75, 3.05) is 19.6 Å². The summed E-state index contributed by atoms with van der Waals surface area (Å²) in [6.45, 7) is 9.37. The molecule has 1 aliphatic rings. The molecular formula is C20H28N2O2. The molecule has 0 aliphatic carbocycles. The molecule has 1 amide bonds. The van der Waals surface area contributed by atoms with Gasteiger partial charge in [-0.2, -0.15) is 0 Å². The Morgan fingerprint density at radius 3 is 2.96 bits per heavy atom. The molecule has 130 valence electrons. The van der Waals surface area contributed by atoms with Crippen molar-refractivity contribution in [3.8, 4) is 0 Å². The van der Waals surface area contributed by atoms with Crippen molar-refractivity contribution >= 4 is 16.9 Å². The maximum absolute atomic E-state index is 12.3. The number of benzene rings is 1. The van der Waals surface area contributed by atoms with E-state index in [1.165, 1.54) is 24.0 Å². The minimum absolute atomic E-state index is 0.0787. The van der Waals surface area contributed by atoms with Gasteiger partial charge in [0, 0.05) is 17.5 Å². The molecule has 1 aliphatic heterocycles. The first kappa shape index (κ1) is 17.0. The smallest absolute Gasteiger partial charge is 0.224 e. The van der Waals surface area contributed by atoms with E-state index in [0.717, 1.165) is 36.2 Å². The van der Waals surface area contributed by atoms with Crippen LogP contribution in [0, 0.1) is 12.8 Å². The SMILES string of the molecule is Cc1cc2occ(CC(=O)NCC3CCCNC3)c2cc1C(C)C. The number of aryl methyl sites for hydroxylation is 1. The number of carbonyl (C=O) groups excluding carboxylic acids is 1. The molecule has 2 aromatic rings. The van der Waals surface area contributed by atoms with Gasteiger partial charge >= 0.3 is 0 Å². The van der Waals surface area contributed by atoms with E-state index in [2.05, 4.69) is 43.5 Å². The van der Waals surface area contributed by atoms with E-state index in [1.54, 1.807) is 6.26 Å². The third-order valence-electron chi connectivity index (χ3n) is 5.00. The summed E-state index contributed by atoms with van der Waals surface area (Å²) in [4.78, 5) is 12.3. The van der Waals surface area contributed by atoms with Crippen LogP contribution in [0.1, 0.15) is 49.3 Å². The van der Waals surface area contributed by atoms with E-state index in [1.807, 2.05) is 0 Å². The quantitative estimate of drug-likeness (QED) is 0.883. The van der Waals surface area contributed by atoms with Crippen LogP contribution in [0.3, 0.4) is 0 Å². The molecule has 0 radical (unpaired) electrons. The number of rotatable bonds is 5. The Bertz CT molecular complexity index is 712. The highest BCUT2D eigenvalue weighted by Gasteiger charge is 2.16. The van der Waals surface area contributed by atoms with Crippen LogP contribution in [0.2, 0.25) is 0 Å². The van der Waals surface area contributed by atoms with E-state index in [-0.39, 0.29) is 5.91 Å².